The molecule has 0 spiro atoms. The van der Waals surface area contributed by atoms with E-state index in [1.54, 1.807) is 6.20 Å². The standard InChI is InChI=1S/C21H23N5O/c1-13(2)21(27)25-17-10-8-16(9-11-17)24-19-14(3)15(4)23-20(26-19)18-7-5-6-12-22-18/h5-13H,1-4H3,(H,25,27)(H,23,24,26). The van der Waals surface area contributed by atoms with Crippen molar-refractivity contribution in [3.05, 3.63) is 59.9 Å². The maximum atomic E-state index is 11.8. The van der Waals surface area contributed by atoms with E-state index < -0.39 is 0 Å². The van der Waals surface area contributed by atoms with Crippen LogP contribution in [0.5, 0.6) is 0 Å². The highest BCUT2D eigenvalue weighted by atomic mass is 16.1. The number of aromatic nitrogens is 3. The summed E-state index contributed by atoms with van der Waals surface area (Å²) in [7, 11) is 0. The van der Waals surface area contributed by atoms with Crippen LogP contribution in [0.1, 0.15) is 25.1 Å². The number of aryl methyl sites for hydroxylation is 1. The van der Waals surface area contributed by atoms with E-state index in [-0.39, 0.29) is 11.8 Å². The first-order valence-electron chi connectivity index (χ1n) is 8.88. The molecule has 0 radical (unpaired) electrons. The number of hydrogen-bond donors (Lipinski definition) is 2. The van der Waals surface area contributed by atoms with E-state index in [1.807, 2.05) is 70.2 Å². The smallest absolute Gasteiger partial charge is 0.226 e. The maximum absolute atomic E-state index is 11.8. The van der Waals surface area contributed by atoms with Gasteiger partial charge in [-0.05, 0) is 50.2 Å². The quantitative estimate of drug-likeness (QED) is 0.700. The summed E-state index contributed by atoms with van der Waals surface area (Å²) in [5.74, 6) is 1.27. The summed E-state index contributed by atoms with van der Waals surface area (Å²) < 4.78 is 0. The van der Waals surface area contributed by atoms with Gasteiger partial charge in [0, 0.05) is 34.7 Å². The molecular formula is C21H23N5O. The molecular weight excluding hydrogens is 338 g/mol. The van der Waals surface area contributed by atoms with Crippen molar-refractivity contribution < 1.29 is 4.79 Å². The van der Waals surface area contributed by atoms with E-state index in [4.69, 9.17) is 0 Å². The van der Waals surface area contributed by atoms with Gasteiger partial charge in [0.15, 0.2) is 5.82 Å². The molecule has 6 heteroatoms. The van der Waals surface area contributed by atoms with Gasteiger partial charge < -0.3 is 10.6 Å². The van der Waals surface area contributed by atoms with Gasteiger partial charge in [-0.3, -0.25) is 9.78 Å². The van der Waals surface area contributed by atoms with Crippen LogP contribution in [0.4, 0.5) is 17.2 Å². The Morgan fingerprint density at radius 1 is 0.963 bits per heavy atom. The minimum absolute atomic E-state index is 0.00187. The Morgan fingerprint density at radius 2 is 1.67 bits per heavy atom. The topological polar surface area (TPSA) is 79.8 Å². The van der Waals surface area contributed by atoms with E-state index in [1.165, 1.54) is 0 Å². The van der Waals surface area contributed by atoms with Crippen molar-refractivity contribution in [3.8, 4) is 11.5 Å². The van der Waals surface area contributed by atoms with E-state index in [0.29, 0.717) is 5.82 Å². The summed E-state index contributed by atoms with van der Waals surface area (Å²) in [4.78, 5) is 25.3. The van der Waals surface area contributed by atoms with Crippen LogP contribution in [0.3, 0.4) is 0 Å². The predicted molar refractivity (Wildman–Crippen MR) is 108 cm³/mol. The van der Waals surface area contributed by atoms with Gasteiger partial charge in [-0.2, -0.15) is 0 Å². The van der Waals surface area contributed by atoms with Gasteiger partial charge in [-0.1, -0.05) is 19.9 Å². The number of carbonyl (C=O) groups is 1. The highest BCUT2D eigenvalue weighted by Gasteiger charge is 2.11. The van der Waals surface area contributed by atoms with E-state index in [9.17, 15) is 4.79 Å². The first-order chi connectivity index (χ1) is 12.9. The fourth-order valence-corrected chi connectivity index (χ4v) is 2.42. The molecule has 138 valence electrons. The van der Waals surface area contributed by atoms with Gasteiger partial charge >= 0.3 is 0 Å². The van der Waals surface area contributed by atoms with Crippen molar-refractivity contribution in [1.29, 1.82) is 0 Å². The van der Waals surface area contributed by atoms with E-state index in [0.717, 1.165) is 34.1 Å². The molecule has 3 rings (SSSR count). The number of carbonyl (C=O) groups excluding carboxylic acids is 1. The minimum atomic E-state index is -0.0561. The molecule has 2 N–H and O–H groups in total. The fourth-order valence-electron chi connectivity index (χ4n) is 2.42. The van der Waals surface area contributed by atoms with Crippen LogP contribution in [-0.2, 0) is 4.79 Å². The maximum Gasteiger partial charge on any atom is 0.226 e. The van der Waals surface area contributed by atoms with Crippen LogP contribution >= 0.6 is 0 Å². The van der Waals surface area contributed by atoms with E-state index in [2.05, 4.69) is 25.6 Å². The molecule has 0 fully saturated rings. The van der Waals surface area contributed by atoms with Crippen LogP contribution < -0.4 is 10.6 Å². The van der Waals surface area contributed by atoms with E-state index >= 15 is 0 Å². The highest BCUT2D eigenvalue weighted by molar-refractivity contribution is 5.92. The van der Waals surface area contributed by atoms with Crippen molar-refractivity contribution in [3.63, 3.8) is 0 Å². The zero-order chi connectivity index (χ0) is 19.4. The van der Waals surface area contributed by atoms with Gasteiger partial charge in [0.2, 0.25) is 5.91 Å². The molecule has 3 aromatic rings. The number of anilines is 3. The number of nitrogens with one attached hydrogen (secondary N) is 2. The van der Waals surface area contributed by atoms with Gasteiger partial charge in [0.25, 0.3) is 0 Å². The molecule has 0 saturated carbocycles. The number of rotatable bonds is 5. The normalized spacial score (nSPS) is 10.7. The van der Waals surface area contributed by atoms with Gasteiger partial charge in [-0.15, -0.1) is 0 Å². The van der Waals surface area contributed by atoms with Crippen LogP contribution in [0.15, 0.2) is 48.7 Å². The van der Waals surface area contributed by atoms with Gasteiger partial charge in [0.1, 0.15) is 11.5 Å². The Balaban J connectivity index is 1.83. The first kappa shape index (κ1) is 18.5. The van der Waals surface area contributed by atoms with Gasteiger partial charge in [0.05, 0.1) is 0 Å². The van der Waals surface area contributed by atoms with Crippen molar-refractivity contribution in [1.82, 2.24) is 15.0 Å². The third-order valence-corrected chi connectivity index (χ3v) is 4.22. The number of hydrogen-bond acceptors (Lipinski definition) is 5. The molecule has 0 aliphatic carbocycles. The van der Waals surface area contributed by atoms with Crippen molar-refractivity contribution >= 4 is 23.1 Å². The van der Waals surface area contributed by atoms with Gasteiger partial charge in [-0.25, -0.2) is 9.97 Å². The lowest BCUT2D eigenvalue weighted by Gasteiger charge is -2.13. The highest BCUT2D eigenvalue weighted by Crippen LogP contribution is 2.24. The predicted octanol–water partition coefficient (Wildman–Crippen LogP) is 4.49. The Labute approximate surface area is 159 Å². The summed E-state index contributed by atoms with van der Waals surface area (Å²) in [5, 5.41) is 6.22. The lowest BCUT2D eigenvalue weighted by molar-refractivity contribution is -0.118. The monoisotopic (exact) mass is 361 g/mol. The zero-order valence-corrected chi connectivity index (χ0v) is 15.9. The summed E-state index contributed by atoms with van der Waals surface area (Å²) in [6, 6.07) is 13.2. The van der Waals surface area contributed by atoms with Crippen molar-refractivity contribution in [2.24, 2.45) is 5.92 Å². The third-order valence-electron chi connectivity index (χ3n) is 4.22. The molecule has 6 nitrogen and oxygen atoms in total. The molecule has 0 aliphatic rings. The first-order valence-corrected chi connectivity index (χ1v) is 8.88. The molecule has 1 aromatic carbocycles. The Bertz CT molecular complexity index is 937. The second-order valence-corrected chi connectivity index (χ2v) is 6.67. The largest absolute Gasteiger partial charge is 0.340 e. The molecule has 0 aliphatic heterocycles. The number of benzene rings is 1. The Kier molecular flexibility index (Phi) is 5.45. The summed E-state index contributed by atoms with van der Waals surface area (Å²) in [6.45, 7) is 7.67. The SMILES string of the molecule is Cc1nc(-c2ccccn2)nc(Nc2ccc(NC(=O)C(C)C)cc2)c1C. The van der Waals surface area contributed by atoms with Crippen molar-refractivity contribution in [2.75, 3.05) is 10.6 Å². The Morgan fingerprint density at radius 3 is 2.30 bits per heavy atom. The molecule has 27 heavy (non-hydrogen) atoms. The molecule has 2 aromatic heterocycles. The molecule has 0 saturated heterocycles. The average Bonchev–Trinajstić information content (AvgIpc) is 2.67. The average molecular weight is 361 g/mol. The summed E-state index contributed by atoms with van der Waals surface area (Å²) in [6.07, 6.45) is 1.73. The summed E-state index contributed by atoms with van der Waals surface area (Å²) >= 11 is 0. The lowest BCUT2D eigenvalue weighted by Crippen LogP contribution is -2.17. The minimum Gasteiger partial charge on any atom is -0.340 e. The molecule has 1 amide bonds. The van der Waals surface area contributed by atoms with Crippen LogP contribution in [0, 0.1) is 19.8 Å². The number of nitrogens with zero attached hydrogens (tertiary/aromatic N) is 3. The third kappa shape index (κ3) is 4.47. The van der Waals surface area contributed by atoms with Crippen LogP contribution in [-0.4, -0.2) is 20.9 Å². The van der Waals surface area contributed by atoms with Crippen molar-refractivity contribution in [2.45, 2.75) is 27.7 Å². The molecule has 0 bridgehead atoms. The molecule has 0 unspecified atom stereocenters. The van der Waals surface area contributed by atoms with Crippen LogP contribution in [0.2, 0.25) is 0 Å². The fraction of sp³-hybridized carbons (Fsp3) is 0.238. The second kappa shape index (κ2) is 7.95. The molecule has 2 heterocycles. The van der Waals surface area contributed by atoms with Crippen LogP contribution in [0.25, 0.3) is 11.5 Å². The number of amides is 1. The number of pyridine rings is 1. The second-order valence-electron chi connectivity index (χ2n) is 6.67. The molecule has 0 atom stereocenters. The summed E-state index contributed by atoms with van der Waals surface area (Å²) in [5.41, 5.74) is 4.26. The lowest BCUT2D eigenvalue weighted by atomic mass is 10.2. The zero-order valence-electron chi connectivity index (χ0n) is 15.9. The Hall–Kier alpha value is -3.28.